The summed E-state index contributed by atoms with van der Waals surface area (Å²) in [6.45, 7) is 0. The first-order valence-corrected chi connectivity index (χ1v) is 9.89. The Labute approximate surface area is 185 Å². The number of carbonyl (C=O) groups is 1. The average molecular weight is 443 g/mol. The third-order valence-corrected chi connectivity index (χ3v) is 4.72. The second-order valence-electron chi connectivity index (χ2n) is 6.48. The monoisotopic (exact) mass is 442 g/mol. The number of aromatic nitrogens is 1. The molecule has 0 aliphatic rings. The van der Waals surface area contributed by atoms with Crippen molar-refractivity contribution in [2.24, 2.45) is 0 Å². The van der Waals surface area contributed by atoms with Gasteiger partial charge in [-0.2, -0.15) is 0 Å². The van der Waals surface area contributed by atoms with Gasteiger partial charge >= 0.3 is 0 Å². The molecule has 3 rings (SSSR count). The van der Waals surface area contributed by atoms with Gasteiger partial charge in [-0.3, -0.25) is 4.79 Å². The van der Waals surface area contributed by atoms with Crippen molar-refractivity contribution < 1.29 is 23.7 Å². The molecule has 31 heavy (non-hydrogen) atoms. The molecule has 8 heteroatoms. The summed E-state index contributed by atoms with van der Waals surface area (Å²) in [5, 5.41) is 3.46. The van der Waals surface area contributed by atoms with Crippen LogP contribution in [0, 0.1) is 0 Å². The van der Waals surface area contributed by atoms with Crippen LogP contribution in [0.1, 0.15) is 12.0 Å². The van der Waals surface area contributed by atoms with E-state index in [1.54, 1.807) is 70.0 Å². The second kappa shape index (κ2) is 10.5. The van der Waals surface area contributed by atoms with Gasteiger partial charge in [0.2, 0.25) is 17.5 Å². The van der Waals surface area contributed by atoms with Crippen LogP contribution in [0.5, 0.6) is 28.9 Å². The molecule has 1 heterocycles. The van der Waals surface area contributed by atoms with E-state index in [9.17, 15) is 4.79 Å². The topological polar surface area (TPSA) is 78.9 Å². The number of ether oxygens (including phenoxy) is 4. The molecular weight excluding hydrogens is 420 g/mol. The SMILES string of the molecule is COc1ccc(CCC(=O)Nc2ccc(Oc3ccc(Cl)cc3)nc2)c(OC)c1OC. The van der Waals surface area contributed by atoms with Gasteiger partial charge in [-0.1, -0.05) is 17.7 Å². The summed E-state index contributed by atoms with van der Waals surface area (Å²) >= 11 is 5.86. The van der Waals surface area contributed by atoms with Gasteiger partial charge in [-0.25, -0.2) is 4.98 Å². The van der Waals surface area contributed by atoms with Gasteiger partial charge < -0.3 is 24.3 Å². The molecule has 3 aromatic rings. The van der Waals surface area contributed by atoms with E-state index in [2.05, 4.69) is 10.3 Å². The summed E-state index contributed by atoms with van der Waals surface area (Å²) in [5.41, 5.74) is 1.42. The predicted octanol–water partition coefficient (Wildman–Crippen LogP) is 5.12. The Kier molecular flexibility index (Phi) is 7.56. The number of aryl methyl sites for hydroxylation is 1. The van der Waals surface area contributed by atoms with E-state index < -0.39 is 0 Å². The second-order valence-corrected chi connectivity index (χ2v) is 6.92. The van der Waals surface area contributed by atoms with Crippen LogP contribution >= 0.6 is 11.6 Å². The minimum absolute atomic E-state index is 0.148. The van der Waals surface area contributed by atoms with E-state index in [-0.39, 0.29) is 12.3 Å². The molecule has 0 spiro atoms. The number of pyridine rings is 1. The molecule has 0 unspecified atom stereocenters. The number of anilines is 1. The molecule has 0 saturated carbocycles. The lowest BCUT2D eigenvalue weighted by molar-refractivity contribution is -0.116. The van der Waals surface area contributed by atoms with Crippen molar-refractivity contribution in [2.45, 2.75) is 12.8 Å². The molecule has 1 amide bonds. The highest BCUT2D eigenvalue weighted by molar-refractivity contribution is 6.30. The predicted molar refractivity (Wildman–Crippen MR) is 119 cm³/mol. The summed E-state index contributed by atoms with van der Waals surface area (Å²) < 4.78 is 21.8. The largest absolute Gasteiger partial charge is 0.493 e. The Bertz CT molecular complexity index is 1020. The lowest BCUT2D eigenvalue weighted by atomic mass is 10.1. The normalized spacial score (nSPS) is 10.3. The Morgan fingerprint density at radius 2 is 1.68 bits per heavy atom. The molecule has 0 fully saturated rings. The van der Waals surface area contributed by atoms with Crippen LogP contribution in [0.25, 0.3) is 0 Å². The highest BCUT2D eigenvalue weighted by atomic mass is 35.5. The Balaban J connectivity index is 1.58. The van der Waals surface area contributed by atoms with Crippen molar-refractivity contribution in [3.63, 3.8) is 0 Å². The lowest BCUT2D eigenvalue weighted by Crippen LogP contribution is -2.13. The molecule has 1 N–H and O–H groups in total. The van der Waals surface area contributed by atoms with Gasteiger partial charge in [0.25, 0.3) is 0 Å². The van der Waals surface area contributed by atoms with E-state index in [1.165, 1.54) is 0 Å². The zero-order valence-corrected chi connectivity index (χ0v) is 18.2. The zero-order chi connectivity index (χ0) is 22.2. The van der Waals surface area contributed by atoms with Crippen molar-refractivity contribution in [3.8, 4) is 28.9 Å². The van der Waals surface area contributed by atoms with Gasteiger partial charge in [-0.15, -0.1) is 0 Å². The first kappa shape index (κ1) is 22.2. The fraction of sp³-hybridized carbons (Fsp3) is 0.217. The van der Waals surface area contributed by atoms with Gasteiger partial charge in [0.05, 0.1) is 33.2 Å². The van der Waals surface area contributed by atoms with Crippen LogP contribution in [-0.4, -0.2) is 32.2 Å². The number of halogens is 1. The number of nitrogens with zero attached hydrogens (tertiary/aromatic N) is 1. The summed E-state index contributed by atoms with van der Waals surface area (Å²) in [4.78, 5) is 16.6. The van der Waals surface area contributed by atoms with Crippen LogP contribution in [0.15, 0.2) is 54.7 Å². The summed E-state index contributed by atoms with van der Waals surface area (Å²) in [5.74, 6) is 2.51. The fourth-order valence-electron chi connectivity index (χ4n) is 2.97. The molecular formula is C23H23ClN2O5. The molecule has 7 nitrogen and oxygen atoms in total. The number of nitrogens with one attached hydrogen (secondary N) is 1. The minimum atomic E-state index is -0.148. The van der Waals surface area contributed by atoms with E-state index >= 15 is 0 Å². The third kappa shape index (κ3) is 5.79. The van der Waals surface area contributed by atoms with Crippen molar-refractivity contribution >= 4 is 23.2 Å². The summed E-state index contributed by atoms with van der Waals surface area (Å²) in [6, 6.07) is 14.0. The third-order valence-electron chi connectivity index (χ3n) is 4.46. The van der Waals surface area contributed by atoms with Crippen molar-refractivity contribution in [1.82, 2.24) is 4.98 Å². The summed E-state index contributed by atoms with van der Waals surface area (Å²) in [6.07, 6.45) is 2.27. The van der Waals surface area contributed by atoms with Crippen LogP contribution in [0.4, 0.5) is 5.69 Å². The van der Waals surface area contributed by atoms with Gasteiger partial charge in [0, 0.05) is 17.5 Å². The highest BCUT2D eigenvalue weighted by Crippen LogP contribution is 2.40. The molecule has 1 aromatic heterocycles. The smallest absolute Gasteiger partial charge is 0.224 e. The quantitative estimate of drug-likeness (QED) is 0.495. The molecule has 0 radical (unpaired) electrons. The van der Waals surface area contributed by atoms with Gasteiger partial charge in [0.15, 0.2) is 11.5 Å². The van der Waals surface area contributed by atoms with Gasteiger partial charge in [0.1, 0.15) is 5.75 Å². The lowest BCUT2D eigenvalue weighted by Gasteiger charge is -2.15. The molecule has 0 atom stereocenters. The number of amides is 1. The fourth-order valence-corrected chi connectivity index (χ4v) is 3.10. The first-order chi connectivity index (χ1) is 15.0. The van der Waals surface area contributed by atoms with Crippen LogP contribution < -0.4 is 24.3 Å². The maximum atomic E-state index is 12.4. The molecule has 2 aromatic carbocycles. The molecule has 0 bridgehead atoms. The number of hydrogen-bond donors (Lipinski definition) is 1. The number of hydrogen-bond acceptors (Lipinski definition) is 6. The number of benzene rings is 2. The van der Waals surface area contributed by atoms with E-state index in [1.807, 2.05) is 6.07 Å². The number of rotatable bonds is 9. The highest BCUT2D eigenvalue weighted by Gasteiger charge is 2.16. The Morgan fingerprint density at radius 3 is 2.29 bits per heavy atom. The van der Waals surface area contributed by atoms with E-state index in [4.69, 9.17) is 30.5 Å². The van der Waals surface area contributed by atoms with Crippen LogP contribution in [-0.2, 0) is 11.2 Å². The maximum absolute atomic E-state index is 12.4. The van der Waals surface area contributed by atoms with Crippen molar-refractivity contribution in [2.75, 3.05) is 26.6 Å². The standard InChI is InChI=1S/C23H23ClN2O5/c1-28-19-11-4-15(22(29-2)23(19)30-3)5-12-20(27)26-17-8-13-21(25-14-17)31-18-9-6-16(24)7-10-18/h4,6-11,13-14H,5,12H2,1-3H3,(H,26,27). The number of carbonyl (C=O) groups excluding carboxylic acids is 1. The molecule has 162 valence electrons. The zero-order valence-electron chi connectivity index (χ0n) is 17.5. The number of methoxy groups -OCH3 is 3. The average Bonchev–Trinajstić information content (AvgIpc) is 2.79. The molecule has 0 aliphatic heterocycles. The van der Waals surface area contributed by atoms with Crippen molar-refractivity contribution in [1.29, 1.82) is 0 Å². The maximum Gasteiger partial charge on any atom is 0.224 e. The van der Waals surface area contributed by atoms with Crippen LogP contribution in [0.3, 0.4) is 0 Å². The van der Waals surface area contributed by atoms with E-state index in [0.717, 1.165) is 5.56 Å². The minimum Gasteiger partial charge on any atom is -0.493 e. The van der Waals surface area contributed by atoms with Crippen LogP contribution in [0.2, 0.25) is 5.02 Å². The van der Waals surface area contributed by atoms with Gasteiger partial charge in [-0.05, 0) is 48.4 Å². The Hall–Kier alpha value is -3.45. The van der Waals surface area contributed by atoms with E-state index in [0.29, 0.717) is 46.0 Å². The molecule has 0 saturated heterocycles. The summed E-state index contributed by atoms with van der Waals surface area (Å²) in [7, 11) is 4.66. The Morgan fingerprint density at radius 1 is 0.935 bits per heavy atom. The van der Waals surface area contributed by atoms with Crippen molar-refractivity contribution in [3.05, 3.63) is 65.3 Å². The first-order valence-electron chi connectivity index (χ1n) is 9.51. The molecule has 0 aliphatic carbocycles.